The van der Waals surface area contributed by atoms with Crippen LogP contribution in [-0.2, 0) is 14.3 Å². The van der Waals surface area contributed by atoms with Crippen molar-refractivity contribution in [3.63, 3.8) is 0 Å². The zero-order valence-electron chi connectivity index (χ0n) is 14.0. The van der Waals surface area contributed by atoms with Gasteiger partial charge < -0.3 is 15.2 Å². The van der Waals surface area contributed by atoms with E-state index in [4.69, 9.17) is 4.74 Å². The summed E-state index contributed by atoms with van der Waals surface area (Å²) in [6.07, 6.45) is 1.11. The van der Waals surface area contributed by atoms with Gasteiger partial charge in [0, 0.05) is 6.92 Å². The largest absolute Gasteiger partial charge is 0.479 e. The molecule has 0 aliphatic carbocycles. The minimum atomic E-state index is -1.18. The predicted octanol–water partition coefficient (Wildman–Crippen LogP) is 2.44. The number of rotatable bonds is 5. The molecule has 0 aromatic heterocycles. The molecular weight excluding hydrogens is 270 g/mol. The molecule has 1 saturated heterocycles. The highest BCUT2D eigenvalue weighted by Crippen LogP contribution is 2.38. The van der Waals surface area contributed by atoms with Crippen molar-refractivity contribution in [3.05, 3.63) is 0 Å². The second-order valence-electron chi connectivity index (χ2n) is 6.77. The zero-order valence-corrected chi connectivity index (χ0v) is 14.0. The Balaban J connectivity index is 3.07. The fraction of sp³-hybridized carbons (Fsp3) is 0.875. The van der Waals surface area contributed by atoms with Gasteiger partial charge in [-0.2, -0.15) is 0 Å². The number of ether oxygens (including phenoxy) is 1. The third-order valence-corrected chi connectivity index (χ3v) is 4.96. The average Bonchev–Trinajstić information content (AvgIpc) is 2.39. The molecule has 6 atom stereocenters. The second-order valence-corrected chi connectivity index (χ2v) is 6.77. The second kappa shape index (κ2) is 6.77. The Kier molecular flexibility index (Phi) is 5.79. The van der Waals surface area contributed by atoms with Gasteiger partial charge >= 0.3 is 5.97 Å². The molecule has 5 heteroatoms. The number of carboxylic acids is 1. The van der Waals surface area contributed by atoms with E-state index in [1.165, 1.54) is 6.92 Å². The maximum atomic E-state index is 11.5. The third kappa shape index (κ3) is 3.96. The van der Waals surface area contributed by atoms with Crippen molar-refractivity contribution in [3.8, 4) is 0 Å². The lowest BCUT2D eigenvalue weighted by molar-refractivity contribution is -0.200. The molecule has 1 amide bonds. The van der Waals surface area contributed by atoms with E-state index in [1.807, 2.05) is 6.92 Å². The predicted molar refractivity (Wildman–Crippen MR) is 80.9 cm³/mol. The maximum absolute atomic E-state index is 11.5. The number of hydrogen-bond acceptors (Lipinski definition) is 3. The highest BCUT2D eigenvalue weighted by Gasteiger charge is 2.49. The summed E-state index contributed by atoms with van der Waals surface area (Å²) in [6, 6.07) is -0.140. The van der Waals surface area contributed by atoms with Gasteiger partial charge in [0.05, 0.1) is 12.1 Å². The van der Waals surface area contributed by atoms with Crippen LogP contribution in [0.5, 0.6) is 0 Å². The number of amides is 1. The smallest absolute Gasteiger partial charge is 0.335 e. The molecule has 0 aromatic carbocycles. The van der Waals surface area contributed by atoms with Crippen molar-refractivity contribution < 1.29 is 19.4 Å². The first kappa shape index (κ1) is 18.0. The van der Waals surface area contributed by atoms with Gasteiger partial charge in [-0.1, -0.05) is 34.1 Å². The Hall–Kier alpha value is -1.10. The minimum absolute atomic E-state index is 0.0558. The molecule has 1 fully saturated rings. The summed E-state index contributed by atoms with van der Waals surface area (Å²) in [7, 11) is 0. The van der Waals surface area contributed by atoms with Crippen molar-refractivity contribution in [1.82, 2.24) is 5.32 Å². The molecule has 6 unspecified atom stereocenters. The SMILES string of the molecule is CCC(C)C(C)C1OC(C)(C(=O)O)CC(C)C1NC(C)=O. The van der Waals surface area contributed by atoms with Crippen LogP contribution in [0.25, 0.3) is 0 Å². The molecule has 0 spiro atoms. The quantitative estimate of drug-likeness (QED) is 0.817. The lowest BCUT2D eigenvalue weighted by atomic mass is 9.75. The molecule has 1 aliphatic rings. The van der Waals surface area contributed by atoms with Crippen LogP contribution in [0.15, 0.2) is 0 Å². The van der Waals surface area contributed by atoms with Gasteiger partial charge in [0.15, 0.2) is 5.60 Å². The third-order valence-electron chi connectivity index (χ3n) is 4.96. The summed E-state index contributed by atoms with van der Waals surface area (Å²) >= 11 is 0. The van der Waals surface area contributed by atoms with Gasteiger partial charge in [-0.15, -0.1) is 0 Å². The van der Waals surface area contributed by atoms with Crippen LogP contribution < -0.4 is 5.32 Å². The fourth-order valence-electron chi connectivity index (χ4n) is 3.21. The number of nitrogens with one attached hydrogen (secondary N) is 1. The van der Waals surface area contributed by atoms with Crippen molar-refractivity contribution in [1.29, 1.82) is 0 Å². The van der Waals surface area contributed by atoms with Crippen LogP contribution in [0.3, 0.4) is 0 Å². The highest BCUT2D eigenvalue weighted by atomic mass is 16.5. The van der Waals surface area contributed by atoms with Crippen LogP contribution in [-0.4, -0.2) is 34.7 Å². The minimum Gasteiger partial charge on any atom is -0.479 e. The van der Waals surface area contributed by atoms with E-state index in [1.54, 1.807) is 6.92 Å². The lowest BCUT2D eigenvalue weighted by Gasteiger charge is -2.47. The molecule has 1 rings (SSSR count). The summed E-state index contributed by atoms with van der Waals surface area (Å²) < 4.78 is 5.99. The molecule has 0 aromatic rings. The van der Waals surface area contributed by atoms with Crippen LogP contribution >= 0.6 is 0 Å². The normalized spacial score (nSPS) is 35.8. The monoisotopic (exact) mass is 299 g/mol. The number of carboxylic acid groups (broad SMARTS) is 1. The molecular formula is C16H29NO4. The van der Waals surface area contributed by atoms with Crippen molar-refractivity contribution >= 4 is 11.9 Å². The van der Waals surface area contributed by atoms with Crippen LogP contribution in [0.4, 0.5) is 0 Å². The maximum Gasteiger partial charge on any atom is 0.335 e. The Bertz CT molecular complexity index is 398. The fourth-order valence-corrected chi connectivity index (χ4v) is 3.21. The Morgan fingerprint density at radius 2 is 2.00 bits per heavy atom. The molecule has 0 bridgehead atoms. The van der Waals surface area contributed by atoms with Crippen LogP contribution in [0.2, 0.25) is 0 Å². The standard InChI is InChI=1S/C16H29NO4/c1-7-9(2)11(4)14-13(17-12(5)18)10(3)8-16(6,21-14)15(19)20/h9-11,13-14H,7-8H2,1-6H3,(H,17,18)(H,19,20). The van der Waals surface area contributed by atoms with Crippen LogP contribution in [0.1, 0.15) is 54.4 Å². The first-order valence-electron chi connectivity index (χ1n) is 7.80. The summed E-state index contributed by atoms with van der Waals surface area (Å²) in [5.74, 6) is -0.407. The number of carbonyl (C=O) groups excluding carboxylic acids is 1. The van der Waals surface area contributed by atoms with E-state index in [2.05, 4.69) is 26.1 Å². The topological polar surface area (TPSA) is 75.6 Å². The van der Waals surface area contributed by atoms with E-state index in [0.29, 0.717) is 12.3 Å². The van der Waals surface area contributed by atoms with Gasteiger partial charge in [-0.3, -0.25) is 4.79 Å². The molecule has 0 saturated carbocycles. The van der Waals surface area contributed by atoms with Gasteiger partial charge in [-0.25, -0.2) is 4.79 Å². The van der Waals surface area contributed by atoms with Gasteiger partial charge in [0.1, 0.15) is 0 Å². The van der Waals surface area contributed by atoms with Crippen molar-refractivity contribution in [2.45, 2.75) is 72.1 Å². The zero-order chi connectivity index (χ0) is 16.4. The molecule has 0 radical (unpaired) electrons. The molecule has 2 N–H and O–H groups in total. The van der Waals surface area contributed by atoms with E-state index in [9.17, 15) is 14.7 Å². The van der Waals surface area contributed by atoms with E-state index in [0.717, 1.165) is 6.42 Å². The van der Waals surface area contributed by atoms with Gasteiger partial charge in [0.25, 0.3) is 0 Å². The lowest BCUT2D eigenvalue weighted by Crippen LogP contribution is -2.61. The van der Waals surface area contributed by atoms with Crippen molar-refractivity contribution in [2.24, 2.45) is 17.8 Å². The number of hydrogen-bond donors (Lipinski definition) is 2. The van der Waals surface area contributed by atoms with Gasteiger partial charge in [0.2, 0.25) is 5.91 Å². The number of carbonyl (C=O) groups is 2. The van der Waals surface area contributed by atoms with E-state index >= 15 is 0 Å². The Labute approximate surface area is 127 Å². The molecule has 5 nitrogen and oxygen atoms in total. The first-order chi connectivity index (χ1) is 9.62. The Morgan fingerprint density at radius 3 is 2.43 bits per heavy atom. The molecule has 1 heterocycles. The van der Waals surface area contributed by atoms with E-state index in [-0.39, 0.29) is 29.9 Å². The van der Waals surface area contributed by atoms with Crippen LogP contribution in [0, 0.1) is 17.8 Å². The summed E-state index contributed by atoms with van der Waals surface area (Å²) in [5.41, 5.74) is -1.18. The summed E-state index contributed by atoms with van der Waals surface area (Å²) in [4.78, 5) is 23.0. The highest BCUT2D eigenvalue weighted by molar-refractivity contribution is 5.77. The van der Waals surface area contributed by atoms with E-state index < -0.39 is 11.6 Å². The Morgan fingerprint density at radius 1 is 1.43 bits per heavy atom. The number of aliphatic carboxylic acids is 1. The molecule has 1 aliphatic heterocycles. The summed E-state index contributed by atoms with van der Waals surface area (Å²) in [5, 5.41) is 12.4. The summed E-state index contributed by atoms with van der Waals surface area (Å²) in [6.45, 7) is 11.4. The van der Waals surface area contributed by atoms with Gasteiger partial charge in [-0.05, 0) is 31.1 Å². The van der Waals surface area contributed by atoms with Crippen molar-refractivity contribution in [2.75, 3.05) is 0 Å². The molecule has 122 valence electrons. The molecule has 21 heavy (non-hydrogen) atoms. The first-order valence-corrected chi connectivity index (χ1v) is 7.80. The average molecular weight is 299 g/mol.